The van der Waals surface area contributed by atoms with Crippen LogP contribution in [0.5, 0.6) is 0 Å². The van der Waals surface area contributed by atoms with Gasteiger partial charge in [-0.15, -0.1) is 0 Å². The minimum Gasteiger partial charge on any atom is -0.342 e. The Balaban J connectivity index is 1.36. The van der Waals surface area contributed by atoms with Gasteiger partial charge in [-0.25, -0.2) is 4.98 Å². The summed E-state index contributed by atoms with van der Waals surface area (Å²) in [6.07, 6.45) is 3.71. The molecular formula is C26H23N5O. The first-order valence-corrected chi connectivity index (χ1v) is 10.6. The molecular weight excluding hydrogens is 398 g/mol. The second kappa shape index (κ2) is 8.51. The van der Waals surface area contributed by atoms with Gasteiger partial charge in [0.15, 0.2) is 0 Å². The highest BCUT2D eigenvalue weighted by atomic mass is 16.1. The number of fused-ring (bicyclic) bond motifs is 1. The number of aromatic amines is 1. The molecule has 0 saturated heterocycles. The van der Waals surface area contributed by atoms with Gasteiger partial charge < -0.3 is 10.3 Å². The molecule has 6 heteroatoms. The predicted molar refractivity (Wildman–Crippen MR) is 125 cm³/mol. The molecule has 0 fully saturated rings. The molecule has 2 aromatic heterocycles. The van der Waals surface area contributed by atoms with Crippen LogP contribution in [0.3, 0.4) is 0 Å². The van der Waals surface area contributed by atoms with Crippen molar-refractivity contribution in [2.45, 2.75) is 19.5 Å². The van der Waals surface area contributed by atoms with E-state index in [4.69, 9.17) is 0 Å². The predicted octanol–water partition coefficient (Wildman–Crippen LogP) is 4.97. The minimum atomic E-state index is -0.251. The zero-order valence-corrected chi connectivity index (χ0v) is 17.7. The van der Waals surface area contributed by atoms with Crippen LogP contribution in [0.25, 0.3) is 22.2 Å². The van der Waals surface area contributed by atoms with E-state index in [9.17, 15) is 4.79 Å². The number of hydrogen-bond donors (Lipinski definition) is 2. The van der Waals surface area contributed by atoms with E-state index in [2.05, 4.69) is 32.5 Å². The number of H-pyrrole nitrogens is 1. The van der Waals surface area contributed by atoms with E-state index in [1.165, 1.54) is 0 Å². The van der Waals surface area contributed by atoms with Gasteiger partial charge in [0.2, 0.25) is 0 Å². The molecule has 2 heterocycles. The lowest BCUT2D eigenvalue weighted by molar-refractivity contribution is 0.0939. The quantitative estimate of drug-likeness (QED) is 0.407. The van der Waals surface area contributed by atoms with Crippen LogP contribution in [0.4, 0.5) is 0 Å². The Morgan fingerprint density at radius 1 is 1.00 bits per heavy atom. The normalized spacial score (nSPS) is 12.0. The van der Waals surface area contributed by atoms with E-state index < -0.39 is 0 Å². The summed E-state index contributed by atoms with van der Waals surface area (Å²) in [6, 6.07) is 25.4. The number of carbonyl (C=O) groups excluding carboxylic acids is 1. The average Bonchev–Trinajstić information content (AvgIpc) is 3.49. The molecule has 1 unspecified atom stereocenters. The maximum Gasteiger partial charge on any atom is 0.252 e. The second-order valence-corrected chi connectivity index (χ2v) is 7.78. The van der Waals surface area contributed by atoms with Crippen LogP contribution in [0.1, 0.15) is 34.7 Å². The van der Waals surface area contributed by atoms with Gasteiger partial charge in [-0.3, -0.25) is 9.48 Å². The fraction of sp³-hybridized carbons (Fsp3) is 0.115. The number of nitrogens with zero attached hydrogens (tertiary/aromatic N) is 3. The van der Waals surface area contributed by atoms with Crippen molar-refractivity contribution in [2.24, 2.45) is 0 Å². The Morgan fingerprint density at radius 2 is 1.78 bits per heavy atom. The fourth-order valence-electron chi connectivity index (χ4n) is 3.82. The maximum atomic E-state index is 13.2. The first-order valence-electron chi connectivity index (χ1n) is 10.6. The molecule has 1 amide bonds. The number of hydrogen-bond acceptors (Lipinski definition) is 3. The van der Waals surface area contributed by atoms with Crippen molar-refractivity contribution in [3.05, 3.63) is 108 Å². The Bertz CT molecular complexity index is 1320. The van der Waals surface area contributed by atoms with Crippen molar-refractivity contribution in [2.75, 3.05) is 0 Å². The summed E-state index contributed by atoms with van der Waals surface area (Å²) in [5.74, 6) is 0.606. The smallest absolute Gasteiger partial charge is 0.252 e. The van der Waals surface area contributed by atoms with Gasteiger partial charge >= 0.3 is 0 Å². The van der Waals surface area contributed by atoms with Crippen LogP contribution in [-0.2, 0) is 6.54 Å². The number of aromatic nitrogens is 4. The van der Waals surface area contributed by atoms with Crippen molar-refractivity contribution < 1.29 is 4.79 Å². The van der Waals surface area contributed by atoms with Crippen LogP contribution in [0.15, 0.2) is 91.3 Å². The SMILES string of the molecule is CC(NC(=O)c1ccccc1-c1ccc(Cn2cccn2)cc1)c1nc2ccccc2[nH]1. The van der Waals surface area contributed by atoms with E-state index >= 15 is 0 Å². The van der Waals surface area contributed by atoms with E-state index in [1.807, 2.05) is 84.5 Å². The van der Waals surface area contributed by atoms with E-state index in [0.717, 1.165) is 33.5 Å². The molecule has 2 N–H and O–H groups in total. The standard InChI is InChI=1S/C26H23N5O/c1-18(25-29-23-9-4-5-10-24(23)30-25)28-26(32)22-8-3-2-7-21(22)20-13-11-19(12-14-20)17-31-16-6-15-27-31/h2-16,18H,17H2,1H3,(H,28,32)(H,29,30). The summed E-state index contributed by atoms with van der Waals surface area (Å²) in [5.41, 5.74) is 5.52. The van der Waals surface area contributed by atoms with Gasteiger partial charge in [0, 0.05) is 18.0 Å². The molecule has 32 heavy (non-hydrogen) atoms. The summed E-state index contributed by atoms with van der Waals surface area (Å²) in [4.78, 5) is 21.0. The third-order valence-electron chi connectivity index (χ3n) is 5.51. The molecule has 0 aliphatic heterocycles. The number of rotatable bonds is 6. The Morgan fingerprint density at radius 3 is 2.56 bits per heavy atom. The van der Waals surface area contributed by atoms with Crippen molar-refractivity contribution in [1.82, 2.24) is 25.1 Å². The molecule has 0 bridgehead atoms. The molecule has 5 rings (SSSR count). The van der Waals surface area contributed by atoms with Gasteiger partial charge in [0.25, 0.3) is 5.91 Å². The van der Waals surface area contributed by atoms with Gasteiger partial charge in [0.05, 0.1) is 23.6 Å². The lowest BCUT2D eigenvalue weighted by Gasteiger charge is -2.14. The summed E-state index contributed by atoms with van der Waals surface area (Å²) in [7, 11) is 0. The van der Waals surface area contributed by atoms with Crippen LogP contribution >= 0.6 is 0 Å². The van der Waals surface area contributed by atoms with Crippen molar-refractivity contribution >= 4 is 16.9 Å². The fourth-order valence-corrected chi connectivity index (χ4v) is 3.82. The Labute approximate surface area is 185 Å². The molecule has 1 atom stereocenters. The van der Waals surface area contributed by atoms with E-state index in [-0.39, 0.29) is 11.9 Å². The lowest BCUT2D eigenvalue weighted by Crippen LogP contribution is -2.27. The highest BCUT2D eigenvalue weighted by molar-refractivity contribution is 6.01. The second-order valence-electron chi connectivity index (χ2n) is 7.78. The van der Waals surface area contributed by atoms with Crippen LogP contribution in [0, 0.1) is 0 Å². The summed E-state index contributed by atoms with van der Waals surface area (Å²) in [5, 5.41) is 7.33. The third kappa shape index (κ3) is 4.03. The average molecular weight is 422 g/mol. The van der Waals surface area contributed by atoms with Crippen LogP contribution in [-0.4, -0.2) is 25.7 Å². The van der Waals surface area contributed by atoms with Gasteiger partial charge in [-0.05, 0) is 47.9 Å². The van der Waals surface area contributed by atoms with Crippen molar-refractivity contribution in [3.8, 4) is 11.1 Å². The number of nitrogens with one attached hydrogen (secondary N) is 2. The molecule has 3 aromatic carbocycles. The van der Waals surface area contributed by atoms with Gasteiger partial charge in [-0.1, -0.05) is 54.6 Å². The Kier molecular flexibility index (Phi) is 5.25. The third-order valence-corrected chi connectivity index (χ3v) is 5.51. The van der Waals surface area contributed by atoms with E-state index in [0.29, 0.717) is 12.1 Å². The van der Waals surface area contributed by atoms with Crippen LogP contribution < -0.4 is 5.32 Å². The number of benzene rings is 3. The highest BCUT2D eigenvalue weighted by Crippen LogP contribution is 2.25. The van der Waals surface area contributed by atoms with Gasteiger partial charge in [-0.2, -0.15) is 5.10 Å². The summed E-state index contributed by atoms with van der Waals surface area (Å²) < 4.78 is 1.88. The molecule has 5 aromatic rings. The number of imidazole rings is 1. The summed E-state index contributed by atoms with van der Waals surface area (Å²) >= 11 is 0. The zero-order valence-electron chi connectivity index (χ0n) is 17.7. The molecule has 0 spiro atoms. The first-order chi connectivity index (χ1) is 15.7. The molecule has 0 saturated carbocycles. The molecule has 0 aliphatic carbocycles. The molecule has 158 valence electrons. The zero-order chi connectivity index (χ0) is 21.9. The van der Waals surface area contributed by atoms with E-state index in [1.54, 1.807) is 6.20 Å². The molecule has 6 nitrogen and oxygen atoms in total. The largest absolute Gasteiger partial charge is 0.342 e. The topological polar surface area (TPSA) is 75.6 Å². The minimum absolute atomic E-state index is 0.130. The lowest BCUT2D eigenvalue weighted by atomic mass is 9.98. The monoisotopic (exact) mass is 421 g/mol. The summed E-state index contributed by atoms with van der Waals surface area (Å²) in [6.45, 7) is 2.65. The Hall–Kier alpha value is -4.19. The van der Waals surface area contributed by atoms with Gasteiger partial charge in [0.1, 0.15) is 5.82 Å². The molecule has 0 aliphatic rings. The number of para-hydroxylation sites is 2. The number of carbonyl (C=O) groups is 1. The van der Waals surface area contributed by atoms with Crippen molar-refractivity contribution in [1.29, 1.82) is 0 Å². The van der Waals surface area contributed by atoms with Crippen molar-refractivity contribution in [3.63, 3.8) is 0 Å². The molecule has 0 radical (unpaired) electrons. The number of amides is 1. The highest BCUT2D eigenvalue weighted by Gasteiger charge is 2.17. The maximum absolute atomic E-state index is 13.2. The first kappa shape index (κ1) is 19.8. The van der Waals surface area contributed by atoms with Crippen LogP contribution in [0.2, 0.25) is 0 Å².